The van der Waals surface area contributed by atoms with Crippen LogP contribution in [0.4, 0.5) is 17.1 Å². The van der Waals surface area contributed by atoms with Gasteiger partial charge in [-0.05, 0) is 103 Å². The first-order valence-corrected chi connectivity index (χ1v) is 16.7. The highest BCUT2D eigenvalue weighted by Crippen LogP contribution is 2.46. The van der Waals surface area contributed by atoms with E-state index in [0.29, 0.717) is 0 Å². The molecule has 0 bridgehead atoms. The molecule has 0 saturated heterocycles. The van der Waals surface area contributed by atoms with Crippen molar-refractivity contribution in [2.75, 3.05) is 4.90 Å². The minimum absolute atomic E-state index is 1.09. The summed E-state index contributed by atoms with van der Waals surface area (Å²) in [6.45, 7) is 0. The smallest absolute Gasteiger partial charge is 0.0467 e. The number of rotatable bonds is 6. The normalized spacial score (nSPS) is 11.3. The lowest BCUT2D eigenvalue weighted by Gasteiger charge is -2.26. The van der Waals surface area contributed by atoms with Crippen LogP contribution in [0.3, 0.4) is 0 Å². The third-order valence-electron chi connectivity index (χ3n) is 9.52. The fraction of sp³-hybridized carbons (Fsp3) is 0. The van der Waals surface area contributed by atoms with Crippen molar-refractivity contribution in [3.8, 4) is 33.4 Å². The summed E-state index contributed by atoms with van der Waals surface area (Å²) in [5.41, 5.74) is 10.5. The molecule has 0 N–H and O–H groups in total. The molecule has 8 aromatic carbocycles. The van der Waals surface area contributed by atoms with E-state index in [0.717, 1.165) is 28.2 Å². The summed E-state index contributed by atoms with van der Waals surface area (Å²) in [7, 11) is 0. The molecule has 0 saturated carbocycles. The molecule has 9 aromatic rings. The highest BCUT2D eigenvalue weighted by molar-refractivity contribution is 6.23. The zero-order chi connectivity index (χ0) is 32.6. The summed E-state index contributed by atoms with van der Waals surface area (Å²) in [6.07, 6.45) is 3.73. The van der Waals surface area contributed by atoms with Crippen molar-refractivity contribution < 1.29 is 0 Å². The van der Waals surface area contributed by atoms with Gasteiger partial charge in [0.05, 0.1) is 0 Å². The fourth-order valence-corrected chi connectivity index (χ4v) is 7.33. The summed E-state index contributed by atoms with van der Waals surface area (Å²) >= 11 is 0. The van der Waals surface area contributed by atoms with E-state index >= 15 is 0 Å². The molecule has 0 aliphatic rings. The first-order valence-electron chi connectivity index (χ1n) is 16.7. The van der Waals surface area contributed by atoms with Crippen LogP contribution in [0.2, 0.25) is 0 Å². The van der Waals surface area contributed by atoms with Crippen molar-refractivity contribution in [1.82, 2.24) is 4.98 Å². The minimum Gasteiger partial charge on any atom is -0.310 e. The lowest BCUT2D eigenvalue weighted by Crippen LogP contribution is -2.09. The maximum Gasteiger partial charge on any atom is 0.0467 e. The third kappa shape index (κ3) is 5.11. The molecule has 9 rings (SSSR count). The predicted octanol–water partition coefficient (Wildman–Crippen LogP) is 13.0. The summed E-state index contributed by atoms with van der Waals surface area (Å²) in [4.78, 5) is 6.68. The lowest BCUT2D eigenvalue weighted by molar-refractivity contribution is 1.28. The SMILES string of the molecule is c1ccc(N(c2ccc(-c3c4ccccc4c(-c4cccc5ccccc45)c4ccccc34)cc2)c2cccc(-c3cccnc3)c2)cc1. The first-order chi connectivity index (χ1) is 24.3. The monoisotopic (exact) mass is 624 g/mol. The Kier molecular flexibility index (Phi) is 7.18. The molecule has 230 valence electrons. The number of para-hydroxylation sites is 1. The standard InChI is InChI=1S/C47H32N2/c1-2-17-37(18-3-1)49(39-19-10-15-35(31-39)36-16-12-30-48-32-36)38-28-26-34(27-29-38)46-42-21-6-8-23-44(42)47(45-24-9-7-22-43(45)46)41-25-11-14-33-13-4-5-20-40(33)41/h1-32H. The number of anilines is 3. The number of nitrogens with zero attached hydrogens (tertiary/aromatic N) is 2. The molecule has 0 aliphatic carbocycles. The molecule has 0 atom stereocenters. The zero-order valence-electron chi connectivity index (χ0n) is 26.9. The van der Waals surface area contributed by atoms with Gasteiger partial charge < -0.3 is 4.90 Å². The maximum atomic E-state index is 4.36. The fourth-order valence-electron chi connectivity index (χ4n) is 7.33. The molecule has 1 aromatic heterocycles. The molecule has 0 radical (unpaired) electrons. The molecule has 0 amide bonds. The second kappa shape index (κ2) is 12.3. The van der Waals surface area contributed by atoms with Crippen molar-refractivity contribution in [3.05, 3.63) is 194 Å². The van der Waals surface area contributed by atoms with Crippen molar-refractivity contribution in [1.29, 1.82) is 0 Å². The maximum absolute atomic E-state index is 4.36. The number of aromatic nitrogens is 1. The largest absolute Gasteiger partial charge is 0.310 e. The Hall–Kier alpha value is -6.51. The number of hydrogen-bond acceptors (Lipinski definition) is 2. The molecule has 2 nitrogen and oxygen atoms in total. The zero-order valence-corrected chi connectivity index (χ0v) is 26.9. The van der Waals surface area contributed by atoms with Crippen LogP contribution in [0.25, 0.3) is 65.7 Å². The number of fused-ring (bicyclic) bond motifs is 3. The van der Waals surface area contributed by atoms with Gasteiger partial charge in [0.1, 0.15) is 0 Å². The van der Waals surface area contributed by atoms with Crippen LogP contribution < -0.4 is 4.90 Å². The summed E-state index contributed by atoms with van der Waals surface area (Å²) in [6, 6.07) is 65.5. The van der Waals surface area contributed by atoms with E-state index < -0.39 is 0 Å². The van der Waals surface area contributed by atoms with Crippen molar-refractivity contribution in [2.24, 2.45) is 0 Å². The minimum atomic E-state index is 1.09. The second-order valence-corrected chi connectivity index (χ2v) is 12.4. The summed E-state index contributed by atoms with van der Waals surface area (Å²) in [5.74, 6) is 0. The Morgan fingerprint density at radius 2 is 0.898 bits per heavy atom. The van der Waals surface area contributed by atoms with Gasteiger partial charge in [0, 0.05) is 35.0 Å². The van der Waals surface area contributed by atoms with E-state index in [2.05, 4.69) is 186 Å². The molecular weight excluding hydrogens is 593 g/mol. The van der Waals surface area contributed by atoms with Gasteiger partial charge >= 0.3 is 0 Å². The van der Waals surface area contributed by atoms with E-state index in [-0.39, 0.29) is 0 Å². The van der Waals surface area contributed by atoms with Crippen LogP contribution in [-0.2, 0) is 0 Å². The van der Waals surface area contributed by atoms with Crippen molar-refractivity contribution in [3.63, 3.8) is 0 Å². The van der Waals surface area contributed by atoms with Crippen LogP contribution in [0.1, 0.15) is 0 Å². The van der Waals surface area contributed by atoms with Gasteiger partial charge in [0.25, 0.3) is 0 Å². The molecule has 0 fully saturated rings. The summed E-state index contributed by atoms with van der Waals surface area (Å²) in [5, 5.41) is 7.54. The number of hydrogen-bond donors (Lipinski definition) is 0. The van der Waals surface area contributed by atoms with Gasteiger partial charge in [-0.3, -0.25) is 4.98 Å². The number of pyridine rings is 1. The van der Waals surface area contributed by atoms with Gasteiger partial charge in [-0.1, -0.05) is 140 Å². The molecule has 0 spiro atoms. The highest BCUT2D eigenvalue weighted by atomic mass is 15.1. The van der Waals surface area contributed by atoms with Gasteiger partial charge in [-0.2, -0.15) is 0 Å². The average molecular weight is 625 g/mol. The molecule has 0 unspecified atom stereocenters. The Bertz CT molecular complexity index is 2530. The average Bonchev–Trinajstić information content (AvgIpc) is 3.18. The van der Waals surface area contributed by atoms with Crippen molar-refractivity contribution in [2.45, 2.75) is 0 Å². The van der Waals surface area contributed by atoms with Crippen LogP contribution in [0.15, 0.2) is 194 Å². The lowest BCUT2D eigenvalue weighted by atomic mass is 9.85. The van der Waals surface area contributed by atoms with Crippen LogP contribution >= 0.6 is 0 Å². The molecule has 1 heterocycles. The molecular formula is C47H32N2. The van der Waals surface area contributed by atoms with Crippen LogP contribution in [-0.4, -0.2) is 4.98 Å². The first kappa shape index (κ1) is 28.7. The molecule has 0 aliphatic heterocycles. The Morgan fingerprint density at radius 3 is 1.59 bits per heavy atom. The van der Waals surface area contributed by atoms with Gasteiger partial charge in [-0.25, -0.2) is 0 Å². The topological polar surface area (TPSA) is 16.1 Å². The van der Waals surface area contributed by atoms with E-state index in [1.165, 1.54) is 54.6 Å². The van der Waals surface area contributed by atoms with Gasteiger partial charge in [0.2, 0.25) is 0 Å². The van der Waals surface area contributed by atoms with E-state index in [1.54, 1.807) is 0 Å². The van der Waals surface area contributed by atoms with Crippen molar-refractivity contribution >= 4 is 49.4 Å². The third-order valence-corrected chi connectivity index (χ3v) is 9.52. The Morgan fingerprint density at radius 1 is 0.347 bits per heavy atom. The highest BCUT2D eigenvalue weighted by Gasteiger charge is 2.19. The van der Waals surface area contributed by atoms with E-state index in [4.69, 9.17) is 0 Å². The van der Waals surface area contributed by atoms with Crippen LogP contribution in [0, 0.1) is 0 Å². The Labute approximate surface area is 286 Å². The predicted molar refractivity (Wildman–Crippen MR) is 208 cm³/mol. The van der Waals surface area contributed by atoms with Gasteiger partial charge in [-0.15, -0.1) is 0 Å². The van der Waals surface area contributed by atoms with E-state index in [9.17, 15) is 0 Å². The second-order valence-electron chi connectivity index (χ2n) is 12.4. The summed E-state index contributed by atoms with van der Waals surface area (Å²) < 4.78 is 0. The number of benzene rings is 8. The molecule has 2 heteroatoms. The molecule has 49 heavy (non-hydrogen) atoms. The quantitative estimate of drug-likeness (QED) is 0.171. The Balaban J connectivity index is 1.22. The van der Waals surface area contributed by atoms with E-state index in [1.807, 2.05) is 18.5 Å². The van der Waals surface area contributed by atoms with Crippen LogP contribution in [0.5, 0.6) is 0 Å². The van der Waals surface area contributed by atoms with Gasteiger partial charge in [0.15, 0.2) is 0 Å².